The van der Waals surface area contributed by atoms with E-state index in [-0.39, 0.29) is 10.5 Å². The van der Waals surface area contributed by atoms with Crippen molar-refractivity contribution < 1.29 is 17.9 Å². The van der Waals surface area contributed by atoms with Crippen molar-refractivity contribution in [3.63, 3.8) is 0 Å². The smallest absolute Gasteiger partial charge is 0.261 e. The maximum Gasteiger partial charge on any atom is 0.261 e. The van der Waals surface area contributed by atoms with Gasteiger partial charge in [0, 0.05) is 18.7 Å². The van der Waals surface area contributed by atoms with Crippen LogP contribution in [0.4, 0.5) is 11.4 Å². The van der Waals surface area contributed by atoms with Gasteiger partial charge in [-0.05, 0) is 62.2 Å². The third kappa shape index (κ3) is 4.33. The molecule has 3 rings (SSSR count). The normalized spacial score (nSPS) is 14.2. The van der Waals surface area contributed by atoms with Gasteiger partial charge in [-0.25, -0.2) is 8.42 Å². The van der Waals surface area contributed by atoms with E-state index >= 15 is 0 Å². The molecular formula is C19H23N3O4S. The van der Waals surface area contributed by atoms with Crippen molar-refractivity contribution in [3.8, 4) is 5.75 Å². The number of nitrogens with one attached hydrogen (secondary N) is 1. The van der Waals surface area contributed by atoms with Gasteiger partial charge >= 0.3 is 0 Å². The summed E-state index contributed by atoms with van der Waals surface area (Å²) in [6, 6.07) is 11.0. The van der Waals surface area contributed by atoms with Crippen LogP contribution < -0.4 is 20.1 Å². The fraction of sp³-hybridized carbons (Fsp3) is 0.316. The third-order valence-corrected chi connectivity index (χ3v) is 5.80. The largest absolute Gasteiger partial charge is 0.494 e. The number of hydrogen-bond acceptors (Lipinski definition) is 5. The summed E-state index contributed by atoms with van der Waals surface area (Å²) in [7, 11) is -3.82. The molecule has 1 heterocycles. The minimum Gasteiger partial charge on any atom is -0.494 e. The SMILES string of the molecule is CCOc1ccc(S(=O)(=O)Nc2cc(C(N)=O)ccc2N2CCCC2)cc1. The molecule has 144 valence electrons. The van der Waals surface area contributed by atoms with E-state index in [1.807, 2.05) is 6.92 Å². The molecule has 1 saturated heterocycles. The number of carbonyl (C=O) groups is 1. The van der Waals surface area contributed by atoms with E-state index in [9.17, 15) is 13.2 Å². The Morgan fingerprint density at radius 1 is 1.15 bits per heavy atom. The average Bonchev–Trinajstić information content (AvgIpc) is 3.16. The van der Waals surface area contributed by atoms with Crippen molar-refractivity contribution in [2.75, 3.05) is 29.3 Å². The van der Waals surface area contributed by atoms with Crippen molar-refractivity contribution in [1.82, 2.24) is 0 Å². The zero-order valence-corrected chi connectivity index (χ0v) is 16.0. The number of sulfonamides is 1. The van der Waals surface area contributed by atoms with E-state index in [0.29, 0.717) is 18.0 Å². The monoisotopic (exact) mass is 389 g/mol. The first-order valence-electron chi connectivity index (χ1n) is 8.85. The highest BCUT2D eigenvalue weighted by Crippen LogP contribution is 2.32. The number of nitrogens with two attached hydrogens (primary N) is 1. The molecule has 2 aromatic carbocycles. The van der Waals surface area contributed by atoms with Crippen LogP contribution in [0, 0.1) is 0 Å². The lowest BCUT2D eigenvalue weighted by Gasteiger charge is -2.22. The molecule has 0 aromatic heterocycles. The molecular weight excluding hydrogens is 366 g/mol. The molecule has 1 amide bonds. The molecule has 0 radical (unpaired) electrons. The predicted molar refractivity (Wildman–Crippen MR) is 105 cm³/mol. The summed E-state index contributed by atoms with van der Waals surface area (Å²) in [5.74, 6) is -0.00517. The number of amides is 1. The Bertz CT molecular complexity index is 920. The Hall–Kier alpha value is -2.74. The van der Waals surface area contributed by atoms with E-state index in [2.05, 4.69) is 9.62 Å². The van der Waals surface area contributed by atoms with Gasteiger partial charge in [0.15, 0.2) is 0 Å². The van der Waals surface area contributed by atoms with Crippen molar-refractivity contribution in [2.24, 2.45) is 5.73 Å². The van der Waals surface area contributed by atoms with Crippen LogP contribution in [-0.2, 0) is 10.0 Å². The quantitative estimate of drug-likeness (QED) is 0.758. The Morgan fingerprint density at radius 3 is 2.41 bits per heavy atom. The number of primary amides is 1. The second kappa shape index (κ2) is 7.87. The van der Waals surface area contributed by atoms with Gasteiger partial charge in [0.25, 0.3) is 10.0 Å². The molecule has 2 aromatic rings. The first-order chi connectivity index (χ1) is 12.9. The van der Waals surface area contributed by atoms with Gasteiger partial charge in [-0.3, -0.25) is 9.52 Å². The number of ether oxygens (including phenoxy) is 1. The average molecular weight is 389 g/mol. The van der Waals surface area contributed by atoms with Crippen molar-refractivity contribution in [3.05, 3.63) is 48.0 Å². The number of rotatable bonds is 7. The van der Waals surface area contributed by atoms with Crippen LogP contribution in [-0.4, -0.2) is 34.0 Å². The van der Waals surface area contributed by atoms with E-state index in [0.717, 1.165) is 31.6 Å². The molecule has 0 spiro atoms. The molecule has 8 heteroatoms. The van der Waals surface area contributed by atoms with Gasteiger partial charge in [0.1, 0.15) is 5.75 Å². The summed E-state index contributed by atoms with van der Waals surface area (Å²) in [6.07, 6.45) is 2.09. The third-order valence-electron chi connectivity index (χ3n) is 4.42. The molecule has 0 atom stereocenters. The molecule has 0 unspecified atom stereocenters. The van der Waals surface area contributed by atoms with Gasteiger partial charge < -0.3 is 15.4 Å². The highest BCUT2D eigenvalue weighted by Gasteiger charge is 2.21. The Labute approximate surface area is 159 Å². The number of carbonyl (C=O) groups excluding carboxylic acids is 1. The zero-order valence-electron chi connectivity index (χ0n) is 15.1. The second-order valence-corrected chi connectivity index (χ2v) is 7.98. The fourth-order valence-corrected chi connectivity index (χ4v) is 4.16. The summed E-state index contributed by atoms with van der Waals surface area (Å²) in [4.78, 5) is 13.7. The Kier molecular flexibility index (Phi) is 5.55. The summed E-state index contributed by atoms with van der Waals surface area (Å²) in [6.45, 7) is 4.04. The van der Waals surface area contributed by atoms with Gasteiger partial charge in [-0.15, -0.1) is 0 Å². The number of hydrogen-bond donors (Lipinski definition) is 2. The van der Waals surface area contributed by atoms with Gasteiger partial charge in [0.2, 0.25) is 5.91 Å². The maximum atomic E-state index is 12.8. The van der Waals surface area contributed by atoms with Gasteiger partial charge in [-0.1, -0.05) is 0 Å². The summed E-state index contributed by atoms with van der Waals surface area (Å²) >= 11 is 0. The van der Waals surface area contributed by atoms with Crippen molar-refractivity contribution >= 4 is 27.3 Å². The molecule has 3 N–H and O–H groups in total. The molecule has 1 aliphatic rings. The van der Waals surface area contributed by atoms with E-state index in [1.165, 1.54) is 18.2 Å². The Morgan fingerprint density at radius 2 is 1.81 bits per heavy atom. The van der Waals surface area contributed by atoms with Crippen LogP contribution in [0.5, 0.6) is 5.75 Å². The topological polar surface area (TPSA) is 102 Å². The van der Waals surface area contributed by atoms with E-state index in [1.54, 1.807) is 24.3 Å². The summed E-state index contributed by atoms with van der Waals surface area (Å²) in [5, 5.41) is 0. The summed E-state index contributed by atoms with van der Waals surface area (Å²) in [5.41, 5.74) is 6.71. The number of benzene rings is 2. The predicted octanol–water partition coefficient (Wildman–Crippen LogP) is 2.59. The number of anilines is 2. The minimum atomic E-state index is -3.82. The van der Waals surface area contributed by atoms with E-state index in [4.69, 9.17) is 10.5 Å². The molecule has 27 heavy (non-hydrogen) atoms. The summed E-state index contributed by atoms with van der Waals surface area (Å²) < 4.78 is 33.6. The van der Waals surface area contributed by atoms with Gasteiger partial charge in [-0.2, -0.15) is 0 Å². The van der Waals surface area contributed by atoms with Crippen LogP contribution in [0.15, 0.2) is 47.4 Å². The lowest BCUT2D eigenvalue weighted by Crippen LogP contribution is -2.22. The molecule has 7 nitrogen and oxygen atoms in total. The van der Waals surface area contributed by atoms with Crippen LogP contribution in [0.1, 0.15) is 30.1 Å². The molecule has 0 bridgehead atoms. The highest BCUT2D eigenvalue weighted by atomic mass is 32.2. The van der Waals surface area contributed by atoms with Crippen molar-refractivity contribution in [1.29, 1.82) is 0 Å². The lowest BCUT2D eigenvalue weighted by molar-refractivity contribution is 0.100. The number of nitrogens with zero attached hydrogens (tertiary/aromatic N) is 1. The van der Waals surface area contributed by atoms with Crippen LogP contribution in [0.25, 0.3) is 0 Å². The fourth-order valence-electron chi connectivity index (χ4n) is 3.09. The molecule has 0 aliphatic carbocycles. The highest BCUT2D eigenvalue weighted by molar-refractivity contribution is 7.92. The standard InChI is InChI=1S/C19H23N3O4S/c1-2-26-15-6-8-16(9-7-15)27(24,25)21-17-13-14(19(20)23)5-10-18(17)22-11-3-4-12-22/h5-10,13,21H,2-4,11-12H2,1H3,(H2,20,23). The zero-order chi connectivity index (χ0) is 19.4. The van der Waals surface area contributed by atoms with E-state index < -0.39 is 15.9 Å². The first kappa shape index (κ1) is 19.0. The maximum absolute atomic E-state index is 12.8. The van der Waals surface area contributed by atoms with Gasteiger partial charge in [0.05, 0.1) is 22.9 Å². The first-order valence-corrected chi connectivity index (χ1v) is 10.3. The minimum absolute atomic E-state index is 0.114. The van der Waals surface area contributed by atoms with Crippen LogP contribution >= 0.6 is 0 Å². The van der Waals surface area contributed by atoms with Crippen LogP contribution in [0.3, 0.4) is 0 Å². The molecule has 1 aliphatic heterocycles. The lowest BCUT2D eigenvalue weighted by atomic mass is 10.1. The second-order valence-electron chi connectivity index (χ2n) is 6.30. The molecule has 0 saturated carbocycles. The van der Waals surface area contributed by atoms with Crippen LogP contribution in [0.2, 0.25) is 0 Å². The molecule has 1 fully saturated rings. The Balaban J connectivity index is 1.94. The van der Waals surface area contributed by atoms with Crippen molar-refractivity contribution in [2.45, 2.75) is 24.7 Å².